The lowest BCUT2D eigenvalue weighted by Gasteiger charge is -2.14. The zero-order valence-corrected chi connectivity index (χ0v) is 15.6. The molecule has 1 fully saturated rings. The minimum Gasteiger partial charge on any atom is -0.497 e. The third kappa shape index (κ3) is 4.40. The van der Waals surface area contributed by atoms with Gasteiger partial charge < -0.3 is 20.1 Å². The molecule has 0 aliphatic carbocycles. The van der Waals surface area contributed by atoms with Gasteiger partial charge in [-0.25, -0.2) is 4.79 Å². The number of rotatable bonds is 7. The fraction of sp³-hybridized carbons (Fsp3) is 0.250. The lowest BCUT2D eigenvalue weighted by Crippen LogP contribution is -2.38. The Bertz CT molecular complexity index is 862. The van der Waals surface area contributed by atoms with Gasteiger partial charge in [0.15, 0.2) is 0 Å². The van der Waals surface area contributed by atoms with Crippen LogP contribution in [0.25, 0.3) is 0 Å². The van der Waals surface area contributed by atoms with Gasteiger partial charge in [0, 0.05) is 30.3 Å². The lowest BCUT2D eigenvalue weighted by atomic mass is 10.1. The molecular formula is C20H21N3O5. The average molecular weight is 383 g/mol. The van der Waals surface area contributed by atoms with Gasteiger partial charge in [-0.2, -0.15) is 0 Å². The van der Waals surface area contributed by atoms with E-state index in [4.69, 9.17) is 9.47 Å². The molecule has 4 amide bonds. The van der Waals surface area contributed by atoms with Crippen molar-refractivity contribution in [2.45, 2.75) is 12.5 Å². The fourth-order valence-electron chi connectivity index (χ4n) is 2.94. The highest BCUT2D eigenvalue weighted by atomic mass is 16.5. The van der Waals surface area contributed by atoms with Gasteiger partial charge in [0.1, 0.15) is 24.1 Å². The fourth-order valence-corrected chi connectivity index (χ4v) is 2.94. The van der Waals surface area contributed by atoms with E-state index in [1.807, 2.05) is 30.3 Å². The molecule has 0 bridgehead atoms. The van der Waals surface area contributed by atoms with E-state index in [1.165, 1.54) is 14.2 Å². The Morgan fingerprint density at radius 1 is 1.07 bits per heavy atom. The zero-order valence-electron chi connectivity index (χ0n) is 15.6. The number of amides is 4. The average Bonchev–Trinajstić information content (AvgIpc) is 2.95. The van der Waals surface area contributed by atoms with Gasteiger partial charge in [-0.3, -0.25) is 14.5 Å². The summed E-state index contributed by atoms with van der Waals surface area (Å²) in [6.45, 7) is -0.379. The molecule has 0 radical (unpaired) electrons. The number of nitrogens with zero attached hydrogens (tertiary/aromatic N) is 1. The summed E-state index contributed by atoms with van der Waals surface area (Å²) in [5.41, 5.74) is 1.37. The molecule has 0 spiro atoms. The van der Waals surface area contributed by atoms with Gasteiger partial charge in [0.05, 0.1) is 14.2 Å². The molecule has 1 saturated heterocycles. The predicted molar refractivity (Wildman–Crippen MR) is 102 cm³/mol. The first-order valence-corrected chi connectivity index (χ1v) is 8.69. The van der Waals surface area contributed by atoms with Crippen LogP contribution in [-0.2, 0) is 16.0 Å². The van der Waals surface area contributed by atoms with Crippen molar-refractivity contribution in [3.05, 3.63) is 54.1 Å². The van der Waals surface area contributed by atoms with E-state index in [0.29, 0.717) is 23.6 Å². The van der Waals surface area contributed by atoms with Crippen LogP contribution in [0.2, 0.25) is 0 Å². The Hall–Kier alpha value is -3.55. The van der Waals surface area contributed by atoms with Crippen LogP contribution in [0, 0.1) is 0 Å². The van der Waals surface area contributed by atoms with E-state index in [2.05, 4.69) is 10.6 Å². The number of nitrogens with one attached hydrogen (secondary N) is 2. The standard InChI is InChI=1S/C20H21N3O5/c1-27-15-9-14(10-16(11-15)28-2)21-18(24)12-23-19(25)17(22-20(23)26)8-13-6-4-3-5-7-13/h3-7,9-11,17H,8,12H2,1-2H3,(H,21,24)(H,22,26)/t17-/m0/s1. The van der Waals surface area contributed by atoms with Crippen LogP contribution in [0.4, 0.5) is 10.5 Å². The SMILES string of the molecule is COc1cc(NC(=O)CN2C(=O)N[C@@H](Cc3ccccc3)C2=O)cc(OC)c1. The maximum absolute atomic E-state index is 12.5. The predicted octanol–water partition coefficient (Wildman–Crippen LogP) is 1.81. The minimum absolute atomic E-state index is 0.372. The first kappa shape index (κ1) is 19.2. The summed E-state index contributed by atoms with van der Waals surface area (Å²) in [5.74, 6) is 0.0894. The van der Waals surface area contributed by atoms with Crippen LogP contribution >= 0.6 is 0 Å². The summed E-state index contributed by atoms with van der Waals surface area (Å²) in [6, 6.07) is 13.0. The molecule has 1 heterocycles. The number of urea groups is 1. The largest absolute Gasteiger partial charge is 0.497 e. The molecule has 28 heavy (non-hydrogen) atoms. The van der Waals surface area contributed by atoms with Crippen molar-refractivity contribution in [1.82, 2.24) is 10.2 Å². The third-order valence-corrected chi connectivity index (χ3v) is 4.33. The number of ether oxygens (including phenoxy) is 2. The molecule has 2 aromatic carbocycles. The van der Waals surface area contributed by atoms with E-state index in [9.17, 15) is 14.4 Å². The summed E-state index contributed by atoms with van der Waals surface area (Å²) in [4.78, 5) is 38.0. The van der Waals surface area contributed by atoms with Crippen molar-refractivity contribution in [3.63, 3.8) is 0 Å². The van der Waals surface area contributed by atoms with Crippen molar-refractivity contribution >= 4 is 23.5 Å². The minimum atomic E-state index is -0.681. The number of carbonyl (C=O) groups is 3. The highest BCUT2D eigenvalue weighted by molar-refractivity contribution is 6.08. The first-order valence-electron chi connectivity index (χ1n) is 8.69. The topological polar surface area (TPSA) is 97.0 Å². The summed E-state index contributed by atoms with van der Waals surface area (Å²) < 4.78 is 10.3. The number of carbonyl (C=O) groups excluding carboxylic acids is 3. The van der Waals surface area contributed by atoms with Crippen molar-refractivity contribution in [1.29, 1.82) is 0 Å². The van der Waals surface area contributed by atoms with E-state index in [-0.39, 0.29) is 6.54 Å². The number of methoxy groups -OCH3 is 2. The van der Waals surface area contributed by atoms with Gasteiger partial charge in [0.2, 0.25) is 5.91 Å². The van der Waals surface area contributed by atoms with Crippen LogP contribution in [0.5, 0.6) is 11.5 Å². The highest BCUT2D eigenvalue weighted by Gasteiger charge is 2.38. The van der Waals surface area contributed by atoms with Crippen molar-refractivity contribution in [2.75, 3.05) is 26.1 Å². The van der Waals surface area contributed by atoms with E-state index in [0.717, 1.165) is 10.5 Å². The van der Waals surface area contributed by atoms with Crippen LogP contribution < -0.4 is 20.1 Å². The van der Waals surface area contributed by atoms with Crippen molar-refractivity contribution in [3.8, 4) is 11.5 Å². The Labute approximate surface area is 162 Å². The molecule has 3 rings (SSSR count). The van der Waals surface area contributed by atoms with Gasteiger partial charge >= 0.3 is 6.03 Å². The summed E-state index contributed by atoms with van der Waals surface area (Å²) in [7, 11) is 3.00. The molecule has 0 unspecified atom stereocenters. The first-order chi connectivity index (χ1) is 13.5. The molecular weight excluding hydrogens is 362 g/mol. The molecule has 146 valence electrons. The van der Waals surface area contributed by atoms with Crippen molar-refractivity contribution in [2.24, 2.45) is 0 Å². The van der Waals surface area contributed by atoms with Crippen molar-refractivity contribution < 1.29 is 23.9 Å². The molecule has 2 aromatic rings. The molecule has 0 aromatic heterocycles. The van der Waals surface area contributed by atoms with Crippen LogP contribution in [0.1, 0.15) is 5.56 Å². The molecule has 2 N–H and O–H groups in total. The molecule has 8 nitrogen and oxygen atoms in total. The quantitative estimate of drug-likeness (QED) is 0.711. The van der Waals surface area contributed by atoms with Crippen LogP contribution in [-0.4, -0.2) is 49.6 Å². The second kappa shape index (κ2) is 8.43. The normalized spacial score (nSPS) is 15.9. The van der Waals surface area contributed by atoms with Gasteiger partial charge in [-0.15, -0.1) is 0 Å². The second-order valence-electron chi connectivity index (χ2n) is 6.27. The molecule has 1 aliphatic rings. The number of benzene rings is 2. The van der Waals surface area contributed by atoms with Crippen LogP contribution in [0.3, 0.4) is 0 Å². The lowest BCUT2D eigenvalue weighted by molar-refractivity contribution is -0.130. The number of hydrogen-bond donors (Lipinski definition) is 2. The Morgan fingerprint density at radius 3 is 2.32 bits per heavy atom. The van der Waals surface area contributed by atoms with Gasteiger partial charge in [-0.1, -0.05) is 30.3 Å². The summed E-state index contributed by atoms with van der Waals surface area (Å²) >= 11 is 0. The smallest absolute Gasteiger partial charge is 0.325 e. The number of imide groups is 1. The second-order valence-corrected chi connectivity index (χ2v) is 6.27. The number of anilines is 1. The molecule has 1 atom stereocenters. The van der Waals surface area contributed by atoms with E-state index < -0.39 is 23.9 Å². The summed E-state index contributed by atoms with van der Waals surface area (Å²) in [6.07, 6.45) is 0.372. The Balaban J connectivity index is 1.64. The molecule has 0 saturated carbocycles. The maximum atomic E-state index is 12.5. The monoisotopic (exact) mass is 383 g/mol. The molecule has 1 aliphatic heterocycles. The maximum Gasteiger partial charge on any atom is 0.325 e. The number of hydrogen-bond acceptors (Lipinski definition) is 5. The summed E-state index contributed by atoms with van der Waals surface area (Å²) in [5, 5.41) is 5.28. The highest BCUT2D eigenvalue weighted by Crippen LogP contribution is 2.25. The van der Waals surface area contributed by atoms with Crippen LogP contribution in [0.15, 0.2) is 48.5 Å². The van der Waals surface area contributed by atoms with E-state index in [1.54, 1.807) is 18.2 Å². The van der Waals surface area contributed by atoms with Gasteiger partial charge in [0.25, 0.3) is 5.91 Å². The zero-order chi connectivity index (χ0) is 20.1. The van der Waals surface area contributed by atoms with E-state index >= 15 is 0 Å². The third-order valence-electron chi connectivity index (χ3n) is 4.33. The molecule has 8 heteroatoms. The Morgan fingerprint density at radius 2 is 1.71 bits per heavy atom. The Kier molecular flexibility index (Phi) is 5.78. The van der Waals surface area contributed by atoms with Gasteiger partial charge in [-0.05, 0) is 5.56 Å².